The topological polar surface area (TPSA) is 57.8 Å². The van der Waals surface area contributed by atoms with Crippen molar-refractivity contribution in [1.82, 2.24) is 15.3 Å². The van der Waals surface area contributed by atoms with Crippen LogP contribution >= 0.6 is 0 Å². The predicted molar refractivity (Wildman–Crippen MR) is 94.7 cm³/mol. The summed E-state index contributed by atoms with van der Waals surface area (Å²) in [5, 5.41) is 3.01. The van der Waals surface area contributed by atoms with Crippen molar-refractivity contribution in [3.63, 3.8) is 0 Å². The SMILES string of the molecule is O=C(NCCCc1nc2ccccc2[nH]1)C1CC1c1ccc(F)cc1. The van der Waals surface area contributed by atoms with Crippen LogP contribution in [-0.2, 0) is 11.2 Å². The van der Waals surface area contributed by atoms with E-state index in [-0.39, 0.29) is 23.6 Å². The van der Waals surface area contributed by atoms with Gasteiger partial charge in [-0.15, -0.1) is 0 Å². The number of carbonyl (C=O) groups excluding carboxylic acids is 1. The fourth-order valence-corrected chi connectivity index (χ4v) is 3.29. The third kappa shape index (κ3) is 3.55. The number of aryl methyl sites for hydroxylation is 1. The van der Waals surface area contributed by atoms with Crippen LogP contribution in [0.25, 0.3) is 11.0 Å². The smallest absolute Gasteiger partial charge is 0.223 e. The van der Waals surface area contributed by atoms with E-state index in [1.807, 2.05) is 24.3 Å². The summed E-state index contributed by atoms with van der Waals surface area (Å²) < 4.78 is 13.0. The number of benzene rings is 2. The molecule has 1 aliphatic carbocycles. The second kappa shape index (κ2) is 6.67. The third-order valence-corrected chi connectivity index (χ3v) is 4.75. The molecule has 0 aliphatic heterocycles. The summed E-state index contributed by atoms with van der Waals surface area (Å²) in [6.07, 6.45) is 2.50. The normalized spacial score (nSPS) is 19.1. The van der Waals surface area contributed by atoms with Crippen molar-refractivity contribution < 1.29 is 9.18 Å². The van der Waals surface area contributed by atoms with Crippen LogP contribution in [-0.4, -0.2) is 22.4 Å². The van der Waals surface area contributed by atoms with Crippen molar-refractivity contribution in [1.29, 1.82) is 0 Å². The zero-order valence-electron chi connectivity index (χ0n) is 13.8. The summed E-state index contributed by atoms with van der Waals surface area (Å²) in [5.74, 6) is 1.06. The van der Waals surface area contributed by atoms with Gasteiger partial charge in [-0.3, -0.25) is 4.79 Å². The number of rotatable bonds is 6. The molecule has 128 valence electrons. The minimum Gasteiger partial charge on any atom is -0.356 e. The summed E-state index contributed by atoms with van der Waals surface area (Å²) in [4.78, 5) is 20.0. The highest BCUT2D eigenvalue weighted by Crippen LogP contribution is 2.47. The number of nitrogens with one attached hydrogen (secondary N) is 2. The van der Waals surface area contributed by atoms with Gasteiger partial charge in [-0.05, 0) is 48.6 Å². The highest BCUT2D eigenvalue weighted by Gasteiger charge is 2.43. The van der Waals surface area contributed by atoms with Crippen molar-refractivity contribution in [2.24, 2.45) is 5.92 Å². The number of nitrogens with zero attached hydrogens (tertiary/aromatic N) is 1. The number of amides is 1. The minimum atomic E-state index is -0.240. The maximum Gasteiger partial charge on any atom is 0.223 e. The van der Waals surface area contributed by atoms with Crippen molar-refractivity contribution in [3.8, 4) is 0 Å². The van der Waals surface area contributed by atoms with Gasteiger partial charge >= 0.3 is 0 Å². The van der Waals surface area contributed by atoms with Crippen LogP contribution in [0.4, 0.5) is 4.39 Å². The van der Waals surface area contributed by atoms with Crippen LogP contribution in [0.2, 0.25) is 0 Å². The van der Waals surface area contributed by atoms with Crippen LogP contribution in [0, 0.1) is 11.7 Å². The summed E-state index contributed by atoms with van der Waals surface area (Å²) in [7, 11) is 0. The van der Waals surface area contributed by atoms with Gasteiger partial charge in [0.15, 0.2) is 0 Å². The Morgan fingerprint density at radius 1 is 1.20 bits per heavy atom. The summed E-state index contributed by atoms with van der Waals surface area (Å²) in [6.45, 7) is 0.641. The Kier molecular flexibility index (Phi) is 4.22. The number of H-pyrrole nitrogens is 1. The van der Waals surface area contributed by atoms with Crippen LogP contribution in [0.15, 0.2) is 48.5 Å². The number of aromatic amines is 1. The second-order valence-corrected chi connectivity index (χ2v) is 6.60. The molecule has 1 fully saturated rings. The highest BCUT2D eigenvalue weighted by molar-refractivity contribution is 5.82. The molecule has 4 nitrogen and oxygen atoms in total. The van der Waals surface area contributed by atoms with E-state index in [4.69, 9.17) is 0 Å². The second-order valence-electron chi connectivity index (χ2n) is 6.60. The lowest BCUT2D eigenvalue weighted by Gasteiger charge is -2.04. The minimum absolute atomic E-state index is 0.0247. The predicted octanol–water partition coefficient (Wildman–Crippen LogP) is 3.55. The maximum atomic E-state index is 13.0. The van der Waals surface area contributed by atoms with Gasteiger partial charge < -0.3 is 10.3 Å². The molecule has 25 heavy (non-hydrogen) atoms. The van der Waals surface area contributed by atoms with E-state index in [0.717, 1.165) is 41.7 Å². The van der Waals surface area contributed by atoms with Gasteiger partial charge in [0.25, 0.3) is 0 Å². The number of hydrogen-bond donors (Lipinski definition) is 2. The first-order valence-electron chi connectivity index (χ1n) is 8.67. The molecule has 1 heterocycles. The first-order valence-corrected chi connectivity index (χ1v) is 8.67. The van der Waals surface area contributed by atoms with Crippen LogP contribution in [0.1, 0.15) is 30.1 Å². The molecule has 3 aromatic rings. The van der Waals surface area contributed by atoms with Crippen molar-refractivity contribution >= 4 is 16.9 Å². The quantitative estimate of drug-likeness (QED) is 0.676. The lowest BCUT2D eigenvalue weighted by Crippen LogP contribution is -2.26. The number of para-hydroxylation sites is 2. The molecular weight excluding hydrogens is 317 g/mol. The maximum absolute atomic E-state index is 13.0. The molecule has 4 rings (SSSR count). The summed E-state index contributed by atoms with van der Waals surface area (Å²) in [5.41, 5.74) is 3.06. The monoisotopic (exact) mass is 337 g/mol. The molecule has 2 N–H and O–H groups in total. The van der Waals surface area contributed by atoms with Crippen molar-refractivity contribution in [3.05, 3.63) is 65.7 Å². The van der Waals surface area contributed by atoms with E-state index in [1.165, 1.54) is 12.1 Å². The molecule has 1 amide bonds. The molecule has 1 saturated carbocycles. The number of halogens is 1. The number of hydrogen-bond acceptors (Lipinski definition) is 2. The van der Waals surface area contributed by atoms with E-state index in [1.54, 1.807) is 12.1 Å². The van der Waals surface area contributed by atoms with Crippen LogP contribution in [0.3, 0.4) is 0 Å². The Morgan fingerprint density at radius 2 is 2.00 bits per heavy atom. The van der Waals surface area contributed by atoms with Gasteiger partial charge in [0.2, 0.25) is 5.91 Å². The Bertz CT molecular complexity index is 854. The van der Waals surface area contributed by atoms with E-state index in [2.05, 4.69) is 15.3 Å². The van der Waals surface area contributed by atoms with Gasteiger partial charge in [0, 0.05) is 18.9 Å². The van der Waals surface area contributed by atoms with Gasteiger partial charge in [-0.1, -0.05) is 24.3 Å². The molecule has 2 aromatic carbocycles. The number of carbonyl (C=O) groups is 1. The number of fused-ring (bicyclic) bond motifs is 1. The van der Waals surface area contributed by atoms with Crippen LogP contribution < -0.4 is 5.32 Å². The van der Waals surface area contributed by atoms with Crippen molar-refractivity contribution in [2.75, 3.05) is 6.54 Å². The fraction of sp³-hybridized carbons (Fsp3) is 0.300. The molecule has 2 atom stereocenters. The lowest BCUT2D eigenvalue weighted by molar-refractivity contribution is -0.122. The van der Waals surface area contributed by atoms with E-state index >= 15 is 0 Å². The molecule has 2 unspecified atom stereocenters. The van der Waals surface area contributed by atoms with Gasteiger partial charge in [-0.25, -0.2) is 9.37 Å². The molecule has 0 bridgehead atoms. The number of imidazole rings is 1. The number of aromatic nitrogens is 2. The lowest BCUT2D eigenvalue weighted by atomic mass is 10.1. The fourth-order valence-electron chi connectivity index (χ4n) is 3.29. The Hall–Kier alpha value is -2.69. The molecule has 1 aliphatic rings. The molecule has 0 saturated heterocycles. The molecular formula is C20H20FN3O. The molecule has 1 aromatic heterocycles. The average Bonchev–Trinajstić information content (AvgIpc) is 3.31. The van der Waals surface area contributed by atoms with Gasteiger partial charge in [0.1, 0.15) is 11.6 Å². The summed E-state index contributed by atoms with van der Waals surface area (Å²) >= 11 is 0. The molecule has 0 radical (unpaired) electrons. The third-order valence-electron chi connectivity index (χ3n) is 4.75. The first-order chi connectivity index (χ1) is 12.2. The van der Waals surface area contributed by atoms with Crippen molar-refractivity contribution in [2.45, 2.75) is 25.2 Å². The van der Waals surface area contributed by atoms with E-state index in [0.29, 0.717) is 6.54 Å². The zero-order valence-corrected chi connectivity index (χ0v) is 13.8. The Morgan fingerprint density at radius 3 is 2.80 bits per heavy atom. The van der Waals surface area contributed by atoms with E-state index in [9.17, 15) is 9.18 Å². The Labute approximate surface area is 145 Å². The zero-order chi connectivity index (χ0) is 17.2. The highest BCUT2D eigenvalue weighted by atomic mass is 19.1. The standard InChI is InChI=1S/C20H20FN3O/c21-14-9-7-13(8-10-14)15-12-16(15)20(25)22-11-3-6-19-23-17-4-1-2-5-18(17)24-19/h1-2,4-5,7-10,15-16H,3,6,11-12H2,(H,22,25)(H,23,24). The van der Waals surface area contributed by atoms with Gasteiger partial charge in [-0.2, -0.15) is 0 Å². The van der Waals surface area contributed by atoms with E-state index < -0.39 is 0 Å². The summed E-state index contributed by atoms with van der Waals surface area (Å²) in [6, 6.07) is 14.4. The molecule has 0 spiro atoms. The molecule has 5 heteroatoms. The first kappa shape index (κ1) is 15.8. The average molecular weight is 337 g/mol. The van der Waals surface area contributed by atoms with Gasteiger partial charge in [0.05, 0.1) is 11.0 Å². The largest absolute Gasteiger partial charge is 0.356 e. The van der Waals surface area contributed by atoms with Crippen LogP contribution in [0.5, 0.6) is 0 Å². The Balaban J connectivity index is 1.22.